The van der Waals surface area contributed by atoms with Gasteiger partial charge in [-0.2, -0.15) is 0 Å². The number of hydrogen-bond acceptors (Lipinski definition) is 3. The molecule has 20 heavy (non-hydrogen) atoms. The second-order valence-electron chi connectivity index (χ2n) is 4.74. The molecular weight excluding hydrogens is 268 g/mol. The zero-order chi connectivity index (χ0) is 13.9. The van der Waals surface area contributed by atoms with Gasteiger partial charge in [0.05, 0.1) is 11.2 Å². The van der Waals surface area contributed by atoms with Crippen molar-refractivity contribution in [3.8, 4) is 11.3 Å². The molecule has 4 nitrogen and oxygen atoms in total. The third-order valence-corrected chi connectivity index (χ3v) is 3.65. The van der Waals surface area contributed by atoms with Gasteiger partial charge in [0.25, 0.3) is 0 Å². The zero-order valence-electron chi connectivity index (χ0n) is 11.3. The van der Waals surface area contributed by atoms with Gasteiger partial charge in [0, 0.05) is 24.5 Å². The van der Waals surface area contributed by atoms with Crippen molar-refractivity contribution in [3.05, 3.63) is 41.4 Å². The van der Waals surface area contributed by atoms with Crippen LogP contribution in [-0.2, 0) is 6.54 Å². The average molecular weight is 284 g/mol. The topological polar surface area (TPSA) is 46.5 Å². The van der Waals surface area contributed by atoms with E-state index in [1.165, 1.54) is 0 Å². The highest BCUT2D eigenvalue weighted by molar-refractivity contribution is 7.71. The summed E-state index contributed by atoms with van der Waals surface area (Å²) in [5.74, 6) is 0. The molecule has 0 fully saturated rings. The number of H-pyrrole nitrogens is 1. The van der Waals surface area contributed by atoms with Crippen molar-refractivity contribution < 1.29 is 0 Å². The normalized spacial score (nSPS) is 11.1. The van der Waals surface area contributed by atoms with E-state index in [0.29, 0.717) is 0 Å². The zero-order valence-corrected chi connectivity index (χ0v) is 12.2. The van der Waals surface area contributed by atoms with Crippen LogP contribution in [-0.4, -0.2) is 19.5 Å². The number of aromatic nitrogens is 4. The Bertz CT molecular complexity index is 773. The van der Waals surface area contributed by atoms with E-state index in [1.54, 1.807) is 12.4 Å². The van der Waals surface area contributed by atoms with Gasteiger partial charge in [-0.25, -0.2) is 4.98 Å². The van der Waals surface area contributed by atoms with Crippen LogP contribution >= 0.6 is 12.2 Å². The number of nitrogens with zero attached hydrogens (tertiary/aromatic N) is 3. The van der Waals surface area contributed by atoms with E-state index in [4.69, 9.17) is 17.2 Å². The molecule has 0 unspecified atom stereocenters. The molecule has 5 heteroatoms. The van der Waals surface area contributed by atoms with E-state index >= 15 is 0 Å². The third kappa shape index (κ3) is 2.36. The minimum Gasteiger partial charge on any atom is -0.329 e. The fraction of sp³-hybridized carbons (Fsp3) is 0.267. The van der Waals surface area contributed by atoms with Crippen molar-refractivity contribution in [2.24, 2.45) is 0 Å². The number of aryl methyl sites for hydroxylation is 1. The smallest absolute Gasteiger partial charge is 0.179 e. The van der Waals surface area contributed by atoms with Gasteiger partial charge in [-0.15, -0.1) is 0 Å². The molecule has 0 spiro atoms. The Balaban J connectivity index is 2.12. The lowest BCUT2D eigenvalue weighted by Gasteiger charge is -2.04. The van der Waals surface area contributed by atoms with Crippen LogP contribution < -0.4 is 0 Å². The van der Waals surface area contributed by atoms with Crippen LogP contribution in [0.25, 0.3) is 22.4 Å². The summed E-state index contributed by atoms with van der Waals surface area (Å²) in [5.41, 5.74) is 3.93. The molecule has 0 bridgehead atoms. The maximum absolute atomic E-state index is 5.38. The van der Waals surface area contributed by atoms with Crippen molar-refractivity contribution in [1.29, 1.82) is 0 Å². The number of aromatic amines is 1. The quantitative estimate of drug-likeness (QED) is 0.738. The Kier molecular flexibility index (Phi) is 3.60. The van der Waals surface area contributed by atoms with Gasteiger partial charge in [0.15, 0.2) is 10.4 Å². The molecule has 102 valence electrons. The molecule has 0 aliphatic heterocycles. The van der Waals surface area contributed by atoms with E-state index in [-0.39, 0.29) is 0 Å². The summed E-state index contributed by atoms with van der Waals surface area (Å²) < 4.78 is 2.83. The summed E-state index contributed by atoms with van der Waals surface area (Å²) in [4.78, 5) is 12.0. The Morgan fingerprint density at radius 1 is 1.20 bits per heavy atom. The number of pyridine rings is 2. The SMILES string of the molecule is CCCCn1c(=S)[nH]c2ccc(-c3ccncc3)nc21. The summed E-state index contributed by atoms with van der Waals surface area (Å²) in [6, 6.07) is 7.97. The van der Waals surface area contributed by atoms with Gasteiger partial charge in [-0.1, -0.05) is 13.3 Å². The van der Waals surface area contributed by atoms with Crippen LogP contribution in [0.5, 0.6) is 0 Å². The first-order valence-corrected chi connectivity index (χ1v) is 7.20. The van der Waals surface area contributed by atoms with E-state index in [9.17, 15) is 0 Å². The maximum Gasteiger partial charge on any atom is 0.179 e. The largest absolute Gasteiger partial charge is 0.329 e. The molecule has 1 N–H and O–H groups in total. The Hall–Kier alpha value is -2.01. The van der Waals surface area contributed by atoms with Crippen molar-refractivity contribution in [2.75, 3.05) is 0 Å². The molecule has 0 saturated heterocycles. The van der Waals surface area contributed by atoms with Crippen molar-refractivity contribution in [2.45, 2.75) is 26.3 Å². The van der Waals surface area contributed by atoms with Crippen molar-refractivity contribution >= 4 is 23.4 Å². The molecule has 0 amide bonds. The standard InChI is InChI=1S/C15H16N4S/c1-2-3-10-19-14-13(18-15(19)20)5-4-12(17-14)11-6-8-16-9-7-11/h4-9H,2-3,10H2,1H3,(H,18,20). The Labute approximate surface area is 122 Å². The number of fused-ring (bicyclic) bond motifs is 1. The average Bonchev–Trinajstić information content (AvgIpc) is 2.80. The number of rotatable bonds is 4. The van der Waals surface area contributed by atoms with Crippen molar-refractivity contribution in [3.63, 3.8) is 0 Å². The second-order valence-corrected chi connectivity index (χ2v) is 5.13. The fourth-order valence-electron chi connectivity index (χ4n) is 2.24. The maximum atomic E-state index is 5.38. The van der Waals surface area contributed by atoms with Crippen LogP contribution in [0.2, 0.25) is 0 Å². The van der Waals surface area contributed by atoms with Crippen LogP contribution in [0.4, 0.5) is 0 Å². The van der Waals surface area contributed by atoms with Gasteiger partial charge >= 0.3 is 0 Å². The summed E-state index contributed by atoms with van der Waals surface area (Å²) in [6.45, 7) is 3.08. The molecule has 0 atom stereocenters. The molecule has 0 saturated carbocycles. The van der Waals surface area contributed by atoms with E-state index in [0.717, 1.165) is 46.6 Å². The monoisotopic (exact) mass is 284 g/mol. The molecule has 3 aromatic heterocycles. The minimum atomic E-state index is 0.743. The lowest BCUT2D eigenvalue weighted by Crippen LogP contribution is -1.99. The summed E-state index contributed by atoms with van der Waals surface area (Å²) in [5, 5.41) is 0. The lowest BCUT2D eigenvalue weighted by molar-refractivity contribution is 0.636. The minimum absolute atomic E-state index is 0.743. The van der Waals surface area contributed by atoms with Crippen LogP contribution in [0, 0.1) is 4.77 Å². The first-order chi connectivity index (χ1) is 9.79. The van der Waals surface area contributed by atoms with E-state index in [2.05, 4.69) is 21.5 Å². The van der Waals surface area contributed by atoms with Crippen LogP contribution in [0.1, 0.15) is 19.8 Å². The highest BCUT2D eigenvalue weighted by Gasteiger charge is 2.07. The number of imidazole rings is 1. The van der Waals surface area contributed by atoms with Gasteiger partial charge in [0.2, 0.25) is 0 Å². The third-order valence-electron chi connectivity index (χ3n) is 3.33. The highest BCUT2D eigenvalue weighted by Crippen LogP contribution is 2.20. The molecule has 0 aliphatic carbocycles. The molecular formula is C15H16N4S. The number of hydrogen-bond donors (Lipinski definition) is 1. The van der Waals surface area contributed by atoms with Gasteiger partial charge in [0.1, 0.15) is 0 Å². The molecule has 0 radical (unpaired) electrons. The summed E-state index contributed by atoms with van der Waals surface area (Å²) in [6.07, 6.45) is 5.80. The Morgan fingerprint density at radius 2 is 2.00 bits per heavy atom. The highest BCUT2D eigenvalue weighted by atomic mass is 32.1. The van der Waals surface area contributed by atoms with Gasteiger partial charge in [-0.3, -0.25) is 4.98 Å². The molecule has 0 aliphatic rings. The molecule has 0 aromatic carbocycles. The van der Waals surface area contributed by atoms with E-state index in [1.807, 2.05) is 24.3 Å². The van der Waals surface area contributed by atoms with Gasteiger partial charge in [-0.05, 0) is 42.9 Å². The fourth-order valence-corrected chi connectivity index (χ4v) is 2.53. The Morgan fingerprint density at radius 3 is 2.75 bits per heavy atom. The number of nitrogens with one attached hydrogen (secondary N) is 1. The second kappa shape index (κ2) is 5.54. The van der Waals surface area contributed by atoms with Crippen LogP contribution in [0.15, 0.2) is 36.7 Å². The predicted molar refractivity (Wildman–Crippen MR) is 83.1 cm³/mol. The molecule has 3 aromatic rings. The first-order valence-electron chi connectivity index (χ1n) is 6.79. The van der Waals surface area contributed by atoms with Gasteiger partial charge < -0.3 is 9.55 Å². The predicted octanol–water partition coefficient (Wildman–Crippen LogP) is 3.96. The summed E-state index contributed by atoms with van der Waals surface area (Å²) >= 11 is 5.38. The number of unbranched alkanes of at least 4 members (excludes halogenated alkanes) is 1. The molecule has 3 rings (SSSR count). The van der Waals surface area contributed by atoms with Crippen LogP contribution in [0.3, 0.4) is 0 Å². The summed E-state index contributed by atoms with van der Waals surface area (Å²) in [7, 11) is 0. The van der Waals surface area contributed by atoms with Crippen molar-refractivity contribution in [1.82, 2.24) is 19.5 Å². The lowest BCUT2D eigenvalue weighted by atomic mass is 10.2. The first kappa shape index (κ1) is 13.0. The molecule has 3 heterocycles. The van der Waals surface area contributed by atoms with E-state index < -0.39 is 0 Å².